The normalized spacial score (nSPS) is 20.6. The highest BCUT2D eigenvalue weighted by atomic mass is 35.5. The minimum absolute atomic E-state index is 0.00125. The number of nitro groups is 1. The molecule has 1 N–H and O–H groups in total. The highest BCUT2D eigenvalue weighted by molar-refractivity contribution is 6.32. The van der Waals surface area contributed by atoms with E-state index in [0.29, 0.717) is 0 Å². The van der Waals surface area contributed by atoms with E-state index in [1.54, 1.807) is 0 Å². The molecule has 1 fully saturated rings. The number of hydrogen-bond donors (Lipinski definition) is 1. The number of carbonyl (C=O) groups excluding carboxylic acids is 1. The van der Waals surface area contributed by atoms with Crippen LogP contribution in [0.4, 0.5) is 5.69 Å². The maximum Gasteiger partial charge on any atom is 0.319 e. The molecule has 0 radical (unpaired) electrons. The SMILES string of the molecule is CC1(C)CCCC1NC(=O)c1ccnc(Cl)c1[N+](=O)[O-]. The van der Waals surface area contributed by atoms with Crippen LogP contribution < -0.4 is 5.32 Å². The van der Waals surface area contributed by atoms with Crippen LogP contribution in [0.25, 0.3) is 0 Å². The second-order valence-electron chi connectivity index (χ2n) is 5.66. The quantitative estimate of drug-likeness (QED) is 0.528. The summed E-state index contributed by atoms with van der Waals surface area (Å²) in [5.74, 6) is -0.471. The maximum atomic E-state index is 12.3. The molecule has 1 aliphatic carbocycles. The Morgan fingerprint density at radius 2 is 2.30 bits per heavy atom. The summed E-state index contributed by atoms with van der Waals surface area (Å²) in [5.41, 5.74) is -0.485. The molecule has 1 aliphatic rings. The molecule has 7 heteroatoms. The molecule has 0 spiro atoms. The predicted octanol–water partition coefficient (Wildman–Crippen LogP) is 2.95. The molecule has 6 nitrogen and oxygen atoms in total. The molecule has 0 bridgehead atoms. The van der Waals surface area contributed by atoms with Crippen molar-refractivity contribution in [2.45, 2.75) is 39.2 Å². The van der Waals surface area contributed by atoms with Gasteiger partial charge in [0.1, 0.15) is 5.56 Å². The lowest BCUT2D eigenvalue weighted by Gasteiger charge is -2.27. The fraction of sp³-hybridized carbons (Fsp3) is 0.538. The molecule has 2 rings (SSSR count). The largest absolute Gasteiger partial charge is 0.349 e. The standard InChI is InChI=1S/C13H16ClN3O3/c1-13(2)6-3-4-9(13)16-12(18)8-5-7-15-11(14)10(8)17(19)20/h5,7,9H,3-4,6H2,1-2H3,(H,16,18). The highest BCUT2D eigenvalue weighted by Crippen LogP contribution is 2.37. The highest BCUT2D eigenvalue weighted by Gasteiger charge is 2.36. The lowest BCUT2D eigenvalue weighted by molar-refractivity contribution is -0.385. The molecule has 0 saturated heterocycles. The second-order valence-corrected chi connectivity index (χ2v) is 6.02. The number of rotatable bonds is 3. The summed E-state index contributed by atoms with van der Waals surface area (Å²) < 4.78 is 0. The number of carbonyl (C=O) groups is 1. The average Bonchev–Trinajstić information content (AvgIpc) is 2.67. The summed E-state index contributed by atoms with van der Waals surface area (Å²) in [4.78, 5) is 26.2. The second kappa shape index (κ2) is 5.36. The monoisotopic (exact) mass is 297 g/mol. The molecule has 20 heavy (non-hydrogen) atoms. The van der Waals surface area contributed by atoms with Crippen LogP contribution >= 0.6 is 11.6 Å². The Labute approximate surface area is 121 Å². The first-order chi connectivity index (χ1) is 9.33. The van der Waals surface area contributed by atoms with Crippen molar-refractivity contribution < 1.29 is 9.72 Å². The van der Waals surface area contributed by atoms with E-state index in [1.165, 1.54) is 12.3 Å². The summed E-state index contributed by atoms with van der Waals surface area (Å²) in [5, 5.41) is 13.6. The molecule has 1 saturated carbocycles. The Kier molecular flexibility index (Phi) is 3.94. The first-order valence-electron chi connectivity index (χ1n) is 6.42. The number of pyridine rings is 1. The van der Waals surface area contributed by atoms with Crippen LogP contribution in [-0.4, -0.2) is 21.9 Å². The lowest BCUT2D eigenvalue weighted by Crippen LogP contribution is -2.41. The van der Waals surface area contributed by atoms with Crippen LogP contribution in [-0.2, 0) is 0 Å². The number of amides is 1. The molecule has 0 aromatic carbocycles. The van der Waals surface area contributed by atoms with Crippen molar-refractivity contribution in [3.8, 4) is 0 Å². The fourth-order valence-corrected chi connectivity index (χ4v) is 2.84. The Morgan fingerprint density at radius 3 is 2.85 bits per heavy atom. The fourth-order valence-electron chi connectivity index (χ4n) is 2.62. The third kappa shape index (κ3) is 2.75. The van der Waals surface area contributed by atoms with Crippen LogP contribution in [0.1, 0.15) is 43.5 Å². The molecular weight excluding hydrogens is 282 g/mol. The summed E-state index contributed by atoms with van der Waals surface area (Å²) >= 11 is 5.71. The number of halogens is 1. The van der Waals surface area contributed by atoms with Crippen molar-refractivity contribution in [2.75, 3.05) is 0 Å². The summed E-state index contributed by atoms with van der Waals surface area (Å²) in [6.07, 6.45) is 4.24. The van der Waals surface area contributed by atoms with Gasteiger partial charge < -0.3 is 5.32 Å². The maximum absolute atomic E-state index is 12.3. The van der Waals surface area contributed by atoms with E-state index in [-0.39, 0.29) is 22.2 Å². The zero-order chi connectivity index (χ0) is 14.9. The Morgan fingerprint density at radius 1 is 1.60 bits per heavy atom. The van der Waals surface area contributed by atoms with Gasteiger partial charge in [-0.3, -0.25) is 14.9 Å². The van der Waals surface area contributed by atoms with Crippen molar-refractivity contribution in [2.24, 2.45) is 5.41 Å². The van der Waals surface area contributed by atoms with Gasteiger partial charge in [0.15, 0.2) is 0 Å². The Hall–Kier alpha value is -1.69. The van der Waals surface area contributed by atoms with Crippen molar-refractivity contribution in [3.05, 3.63) is 33.1 Å². The molecule has 1 aromatic rings. The van der Waals surface area contributed by atoms with Crippen LogP contribution in [0.15, 0.2) is 12.3 Å². The van der Waals surface area contributed by atoms with Gasteiger partial charge in [0.2, 0.25) is 5.15 Å². The first-order valence-corrected chi connectivity index (χ1v) is 6.80. The Balaban J connectivity index is 2.26. The van der Waals surface area contributed by atoms with Crippen LogP contribution in [0, 0.1) is 15.5 Å². The number of nitrogens with one attached hydrogen (secondary N) is 1. The summed E-state index contributed by atoms with van der Waals surface area (Å²) in [6.45, 7) is 4.16. The van der Waals surface area contributed by atoms with Gasteiger partial charge in [-0.2, -0.15) is 0 Å². The van der Waals surface area contributed by atoms with Gasteiger partial charge in [-0.1, -0.05) is 31.9 Å². The smallest absolute Gasteiger partial charge is 0.319 e. The van der Waals surface area contributed by atoms with Gasteiger partial charge in [-0.25, -0.2) is 4.98 Å². The lowest BCUT2D eigenvalue weighted by atomic mass is 9.87. The van der Waals surface area contributed by atoms with E-state index < -0.39 is 16.5 Å². The molecule has 1 amide bonds. The minimum atomic E-state index is -0.677. The zero-order valence-electron chi connectivity index (χ0n) is 11.4. The summed E-state index contributed by atoms with van der Waals surface area (Å²) in [6, 6.07) is 1.34. The van der Waals surface area contributed by atoms with Crippen molar-refractivity contribution in [1.82, 2.24) is 10.3 Å². The van der Waals surface area contributed by atoms with Gasteiger partial charge in [-0.15, -0.1) is 0 Å². The van der Waals surface area contributed by atoms with Crippen molar-refractivity contribution in [3.63, 3.8) is 0 Å². The molecule has 1 heterocycles. The predicted molar refractivity (Wildman–Crippen MR) is 74.8 cm³/mol. The van der Waals surface area contributed by atoms with E-state index in [4.69, 9.17) is 11.6 Å². The molecule has 108 valence electrons. The average molecular weight is 298 g/mol. The van der Waals surface area contributed by atoms with Crippen LogP contribution in [0.5, 0.6) is 0 Å². The minimum Gasteiger partial charge on any atom is -0.349 e. The van der Waals surface area contributed by atoms with E-state index in [1.807, 2.05) is 0 Å². The Bertz CT molecular complexity index is 560. The van der Waals surface area contributed by atoms with E-state index >= 15 is 0 Å². The number of hydrogen-bond acceptors (Lipinski definition) is 4. The zero-order valence-corrected chi connectivity index (χ0v) is 12.1. The topological polar surface area (TPSA) is 85.1 Å². The van der Waals surface area contributed by atoms with Gasteiger partial charge in [0, 0.05) is 12.2 Å². The van der Waals surface area contributed by atoms with Crippen molar-refractivity contribution >= 4 is 23.2 Å². The molecule has 1 aromatic heterocycles. The van der Waals surface area contributed by atoms with Crippen molar-refractivity contribution in [1.29, 1.82) is 0 Å². The first kappa shape index (κ1) is 14.7. The molecular formula is C13H16ClN3O3. The van der Waals surface area contributed by atoms with E-state index in [2.05, 4.69) is 24.1 Å². The third-order valence-corrected chi connectivity index (χ3v) is 4.15. The number of aromatic nitrogens is 1. The van der Waals surface area contributed by atoms with E-state index in [9.17, 15) is 14.9 Å². The van der Waals surface area contributed by atoms with Crippen LogP contribution in [0.3, 0.4) is 0 Å². The van der Waals surface area contributed by atoms with Gasteiger partial charge in [-0.05, 0) is 24.3 Å². The summed E-state index contributed by atoms with van der Waals surface area (Å²) in [7, 11) is 0. The molecule has 1 atom stereocenters. The van der Waals surface area contributed by atoms with Gasteiger partial charge in [0.05, 0.1) is 4.92 Å². The molecule has 1 unspecified atom stereocenters. The van der Waals surface area contributed by atoms with Crippen LogP contribution in [0.2, 0.25) is 5.15 Å². The molecule has 0 aliphatic heterocycles. The number of nitrogens with zero attached hydrogens (tertiary/aromatic N) is 2. The van der Waals surface area contributed by atoms with Gasteiger partial charge in [0.25, 0.3) is 5.91 Å². The van der Waals surface area contributed by atoms with Gasteiger partial charge >= 0.3 is 5.69 Å². The van der Waals surface area contributed by atoms with E-state index in [0.717, 1.165) is 19.3 Å². The third-order valence-electron chi connectivity index (χ3n) is 3.87.